The van der Waals surface area contributed by atoms with E-state index in [1.165, 1.54) is 0 Å². The Labute approximate surface area is 153 Å². The molecule has 1 unspecified atom stereocenters. The van der Waals surface area contributed by atoms with Crippen LogP contribution < -0.4 is 5.32 Å². The number of alkyl halides is 3. The van der Waals surface area contributed by atoms with Crippen LogP contribution in [0.3, 0.4) is 0 Å². The number of rotatable bonds is 2. The lowest BCUT2D eigenvalue weighted by Gasteiger charge is -2.47. The molecule has 1 spiro atoms. The summed E-state index contributed by atoms with van der Waals surface area (Å²) in [5.74, 6) is -1.97. The average Bonchev–Trinajstić information content (AvgIpc) is 3.08. The number of hydrogen-bond donors (Lipinski definition) is 2. The molecule has 3 heterocycles. The number of halogens is 3. The van der Waals surface area contributed by atoms with E-state index < -0.39 is 12.1 Å². The SMILES string of the molecule is O=C(ON1CCC2(CC1)CNC2)C(F)(F)F.O=CC1CCc2n[nH]nc2C1. The van der Waals surface area contributed by atoms with E-state index in [4.69, 9.17) is 0 Å². The average molecular weight is 389 g/mol. The number of piperidine rings is 1. The van der Waals surface area contributed by atoms with E-state index in [0.717, 1.165) is 67.9 Å². The number of aromatic amines is 1. The van der Waals surface area contributed by atoms with Gasteiger partial charge in [-0.15, -0.1) is 5.06 Å². The number of nitrogens with zero attached hydrogens (tertiary/aromatic N) is 3. The number of carbonyl (C=O) groups is 2. The van der Waals surface area contributed by atoms with E-state index in [-0.39, 0.29) is 11.3 Å². The van der Waals surface area contributed by atoms with E-state index in [2.05, 4.69) is 25.6 Å². The predicted octanol–water partition coefficient (Wildman–Crippen LogP) is 0.801. The number of fused-ring (bicyclic) bond motifs is 1. The quantitative estimate of drug-likeness (QED) is 0.722. The number of hydroxylamine groups is 2. The number of aldehydes is 1. The summed E-state index contributed by atoms with van der Waals surface area (Å²) in [7, 11) is 0. The predicted molar refractivity (Wildman–Crippen MR) is 86.2 cm³/mol. The third-order valence-electron chi connectivity index (χ3n) is 5.33. The fourth-order valence-electron chi connectivity index (χ4n) is 3.48. The van der Waals surface area contributed by atoms with Crippen molar-refractivity contribution in [2.75, 3.05) is 26.2 Å². The summed E-state index contributed by atoms with van der Waals surface area (Å²) >= 11 is 0. The molecule has 0 bridgehead atoms. The lowest BCUT2D eigenvalue weighted by molar-refractivity contribution is -0.245. The van der Waals surface area contributed by atoms with Crippen LogP contribution in [0.4, 0.5) is 13.2 Å². The van der Waals surface area contributed by atoms with Gasteiger partial charge in [0.1, 0.15) is 6.29 Å². The molecule has 1 aromatic rings. The summed E-state index contributed by atoms with van der Waals surface area (Å²) in [4.78, 5) is 25.3. The van der Waals surface area contributed by atoms with Crippen molar-refractivity contribution in [1.29, 1.82) is 0 Å². The molecule has 2 N–H and O–H groups in total. The summed E-state index contributed by atoms with van der Waals surface area (Å²) in [6, 6.07) is 0. The Bertz CT molecular complexity index is 665. The first-order chi connectivity index (χ1) is 12.8. The third kappa shape index (κ3) is 4.83. The molecule has 0 aromatic carbocycles. The van der Waals surface area contributed by atoms with Gasteiger partial charge in [0.25, 0.3) is 0 Å². The van der Waals surface area contributed by atoms with Gasteiger partial charge in [0, 0.05) is 38.5 Å². The smallest absolute Gasteiger partial charge is 0.361 e. The largest absolute Gasteiger partial charge is 0.492 e. The molecule has 11 heteroatoms. The van der Waals surface area contributed by atoms with Crippen LogP contribution in [0.5, 0.6) is 0 Å². The molecule has 3 aliphatic rings. The molecule has 2 aliphatic heterocycles. The number of hydrogen-bond acceptors (Lipinski definition) is 7. The number of carbonyl (C=O) groups excluding carboxylic acids is 2. The standard InChI is InChI=1S/C9H13F3N2O2.C7H9N3O/c10-9(11,12)7(15)16-14-3-1-8(2-4-14)5-13-6-8;11-4-5-1-2-6-7(3-5)9-10-8-6/h13H,1-6H2;4-5H,1-3H2,(H,8,9,10). The number of H-pyrrole nitrogens is 1. The maximum absolute atomic E-state index is 11.9. The van der Waals surface area contributed by atoms with Crippen molar-refractivity contribution in [2.45, 2.75) is 38.3 Å². The Kier molecular flexibility index (Phi) is 5.80. The minimum atomic E-state index is -4.91. The Balaban J connectivity index is 0.000000166. The molecule has 4 rings (SSSR count). The second kappa shape index (κ2) is 7.93. The zero-order valence-corrected chi connectivity index (χ0v) is 14.7. The second-order valence-electron chi connectivity index (χ2n) is 7.27. The molecular formula is C16H22F3N5O3. The van der Waals surface area contributed by atoms with Crippen molar-refractivity contribution in [3.05, 3.63) is 11.4 Å². The second-order valence-corrected chi connectivity index (χ2v) is 7.27. The van der Waals surface area contributed by atoms with E-state index in [0.29, 0.717) is 13.1 Å². The van der Waals surface area contributed by atoms with E-state index in [1.807, 2.05) is 0 Å². The molecule has 0 radical (unpaired) electrons. The van der Waals surface area contributed by atoms with Crippen molar-refractivity contribution in [1.82, 2.24) is 25.8 Å². The van der Waals surface area contributed by atoms with Gasteiger partial charge in [0.05, 0.1) is 11.4 Å². The molecule has 1 aromatic heterocycles. The van der Waals surface area contributed by atoms with Gasteiger partial charge in [0.15, 0.2) is 0 Å². The fraction of sp³-hybridized carbons (Fsp3) is 0.750. The lowest BCUT2D eigenvalue weighted by Crippen LogP contribution is -2.58. The highest BCUT2D eigenvalue weighted by Crippen LogP contribution is 2.35. The van der Waals surface area contributed by atoms with Crippen molar-refractivity contribution in [2.24, 2.45) is 11.3 Å². The highest BCUT2D eigenvalue weighted by molar-refractivity contribution is 5.75. The van der Waals surface area contributed by atoms with Crippen molar-refractivity contribution in [3.8, 4) is 0 Å². The fourth-order valence-corrected chi connectivity index (χ4v) is 3.48. The van der Waals surface area contributed by atoms with Crippen LogP contribution in [0.2, 0.25) is 0 Å². The molecule has 1 aliphatic carbocycles. The lowest BCUT2D eigenvalue weighted by atomic mass is 9.74. The normalized spacial score (nSPS) is 24.2. The maximum Gasteiger partial charge on any atom is 0.492 e. The molecule has 0 saturated carbocycles. The van der Waals surface area contributed by atoms with Gasteiger partial charge < -0.3 is 14.9 Å². The summed E-state index contributed by atoms with van der Waals surface area (Å²) in [6.07, 6.45) is 0.203. The van der Waals surface area contributed by atoms with Crippen LogP contribution >= 0.6 is 0 Å². The van der Waals surface area contributed by atoms with Gasteiger partial charge in [-0.3, -0.25) is 0 Å². The van der Waals surface area contributed by atoms with Gasteiger partial charge in [-0.25, -0.2) is 4.79 Å². The first-order valence-corrected chi connectivity index (χ1v) is 8.90. The summed E-state index contributed by atoms with van der Waals surface area (Å²) < 4.78 is 35.8. The molecule has 8 nitrogen and oxygen atoms in total. The third-order valence-corrected chi connectivity index (χ3v) is 5.33. The zero-order chi connectivity index (χ0) is 19.5. The first-order valence-electron chi connectivity index (χ1n) is 8.90. The molecule has 0 amide bonds. The Morgan fingerprint density at radius 3 is 2.44 bits per heavy atom. The molecule has 1 atom stereocenters. The van der Waals surface area contributed by atoms with Crippen LogP contribution in [0.1, 0.15) is 30.7 Å². The van der Waals surface area contributed by atoms with Crippen LogP contribution in [-0.2, 0) is 27.3 Å². The molecular weight excluding hydrogens is 367 g/mol. The molecule has 150 valence electrons. The number of aromatic nitrogens is 3. The number of aryl methyl sites for hydroxylation is 1. The first kappa shape index (κ1) is 19.7. The summed E-state index contributed by atoms with van der Waals surface area (Å²) in [5, 5.41) is 14.8. The van der Waals surface area contributed by atoms with Crippen molar-refractivity contribution < 1.29 is 27.6 Å². The molecule has 27 heavy (non-hydrogen) atoms. The van der Waals surface area contributed by atoms with E-state index in [9.17, 15) is 22.8 Å². The van der Waals surface area contributed by atoms with Gasteiger partial charge in [-0.05, 0) is 31.1 Å². The maximum atomic E-state index is 11.9. The van der Waals surface area contributed by atoms with Crippen LogP contribution in [-0.4, -0.2) is 65.1 Å². The Morgan fingerprint density at radius 1 is 1.22 bits per heavy atom. The zero-order valence-electron chi connectivity index (χ0n) is 14.7. The van der Waals surface area contributed by atoms with E-state index >= 15 is 0 Å². The van der Waals surface area contributed by atoms with Crippen LogP contribution in [0.25, 0.3) is 0 Å². The van der Waals surface area contributed by atoms with Gasteiger partial charge in [-0.1, -0.05) is 0 Å². The molecule has 2 saturated heterocycles. The monoisotopic (exact) mass is 389 g/mol. The van der Waals surface area contributed by atoms with Crippen LogP contribution in [0.15, 0.2) is 0 Å². The minimum absolute atomic E-state index is 0.160. The summed E-state index contributed by atoms with van der Waals surface area (Å²) in [6.45, 7) is 2.58. The summed E-state index contributed by atoms with van der Waals surface area (Å²) in [5.41, 5.74) is 2.22. The van der Waals surface area contributed by atoms with Crippen molar-refractivity contribution in [3.63, 3.8) is 0 Å². The van der Waals surface area contributed by atoms with Crippen LogP contribution in [0, 0.1) is 11.3 Å². The minimum Gasteiger partial charge on any atom is -0.361 e. The van der Waals surface area contributed by atoms with Crippen molar-refractivity contribution >= 4 is 12.3 Å². The van der Waals surface area contributed by atoms with E-state index in [1.54, 1.807) is 0 Å². The number of nitrogens with one attached hydrogen (secondary N) is 2. The van der Waals surface area contributed by atoms with Gasteiger partial charge in [-0.2, -0.15) is 28.6 Å². The van der Waals surface area contributed by atoms with Gasteiger partial charge >= 0.3 is 12.1 Å². The topological polar surface area (TPSA) is 100 Å². The highest BCUT2D eigenvalue weighted by Gasteiger charge is 2.45. The Hall–Kier alpha value is -2.01. The van der Waals surface area contributed by atoms with Gasteiger partial charge in [0.2, 0.25) is 0 Å². The Morgan fingerprint density at radius 2 is 1.89 bits per heavy atom. The molecule has 2 fully saturated rings. The highest BCUT2D eigenvalue weighted by atomic mass is 19.4.